The number of nitrogens with one attached hydrogen (secondary N) is 1. The first-order valence-corrected chi connectivity index (χ1v) is 10.8. The number of nitrogens with zero attached hydrogens (tertiary/aromatic N) is 1. The lowest BCUT2D eigenvalue weighted by Gasteiger charge is -2.15. The van der Waals surface area contributed by atoms with Crippen molar-refractivity contribution in [3.05, 3.63) is 46.9 Å². The van der Waals surface area contributed by atoms with Crippen molar-refractivity contribution in [2.24, 2.45) is 0 Å². The second-order valence-electron chi connectivity index (χ2n) is 6.10. The maximum atomic E-state index is 12.3. The van der Waals surface area contributed by atoms with Crippen LogP contribution >= 0.6 is 15.9 Å². The fraction of sp³-hybridized carbons (Fsp3) is 0.316. The number of sulfonamides is 1. The van der Waals surface area contributed by atoms with Gasteiger partial charge >= 0.3 is 0 Å². The number of benzene rings is 2. The highest BCUT2D eigenvalue weighted by Crippen LogP contribution is 2.28. The minimum atomic E-state index is -3.61. The highest BCUT2D eigenvalue weighted by Gasteiger charge is 2.19. The van der Waals surface area contributed by atoms with E-state index in [2.05, 4.69) is 21.2 Å². The molecule has 0 saturated heterocycles. The number of amides is 1. The maximum absolute atomic E-state index is 12.3. The van der Waals surface area contributed by atoms with E-state index in [0.717, 1.165) is 14.5 Å². The molecule has 152 valence electrons. The Morgan fingerprint density at radius 3 is 2.43 bits per heavy atom. The monoisotopic (exact) mass is 470 g/mol. The van der Waals surface area contributed by atoms with Crippen molar-refractivity contribution in [2.45, 2.75) is 17.7 Å². The van der Waals surface area contributed by atoms with Gasteiger partial charge in [-0.2, -0.15) is 0 Å². The predicted octanol–water partition coefficient (Wildman–Crippen LogP) is 3.51. The van der Waals surface area contributed by atoms with E-state index >= 15 is 0 Å². The van der Waals surface area contributed by atoms with Gasteiger partial charge in [0.2, 0.25) is 15.9 Å². The van der Waals surface area contributed by atoms with Crippen LogP contribution in [0.1, 0.15) is 12.8 Å². The summed E-state index contributed by atoms with van der Waals surface area (Å²) in [4.78, 5) is 12.3. The molecule has 0 aliphatic carbocycles. The van der Waals surface area contributed by atoms with Gasteiger partial charge in [0, 0.05) is 25.0 Å². The Morgan fingerprint density at radius 2 is 1.82 bits per heavy atom. The normalized spacial score (nSPS) is 11.3. The molecule has 0 spiro atoms. The van der Waals surface area contributed by atoms with Crippen LogP contribution in [0.3, 0.4) is 0 Å². The number of methoxy groups -OCH3 is 1. The summed E-state index contributed by atoms with van der Waals surface area (Å²) >= 11 is 3.36. The summed E-state index contributed by atoms with van der Waals surface area (Å²) in [5.74, 6) is 0.862. The summed E-state index contributed by atoms with van der Waals surface area (Å²) in [7, 11) is 0.739. The van der Waals surface area contributed by atoms with Gasteiger partial charge in [-0.3, -0.25) is 4.79 Å². The fourth-order valence-corrected chi connectivity index (χ4v) is 3.52. The van der Waals surface area contributed by atoms with Crippen LogP contribution in [0.5, 0.6) is 11.5 Å². The van der Waals surface area contributed by atoms with Gasteiger partial charge in [0.1, 0.15) is 11.5 Å². The number of carbonyl (C=O) groups is 1. The summed E-state index contributed by atoms with van der Waals surface area (Å²) in [6, 6.07) is 11.8. The molecule has 9 heteroatoms. The molecule has 28 heavy (non-hydrogen) atoms. The minimum Gasteiger partial charge on any atom is -0.495 e. The zero-order valence-electron chi connectivity index (χ0n) is 15.9. The van der Waals surface area contributed by atoms with E-state index in [4.69, 9.17) is 9.47 Å². The molecular formula is C19H23BrN2O5S. The van der Waals surface area contributed by atoms with Crippen LogP contribution in [0.15, 0.2) is 51.8 Å². The van der Waals surface area contributed by atoms with Gasteiger partial charge < -0.3 is 14.8 Å². The Bertz CT molecular complexity index is 914. The van der Waals surface area contributed by atoms with E-state index in [0.29, 0.717) is 24.5 Å². The van der Waals surface area contributed by atoms with Gasteiger partial charge in [-0.05, 0) is 48.9 Å². The lowest BCUT2D eigenvalue weighted by atomic mass is 10.2. The molecule has 2 aromatic rings. The van der Waals surface area contributed by atoms with Crippen LogP contribution in [0.4, 0.5) is 5.69 Å². The average Bonchev–Trinajstić information content (AvgIpc) is 2.66. The van der Waals surface area contributed by atoms with Crippen molar-refractivity contribution in [3.63, 3.8) is 0 Å². The quantitative estimate of drug-likeness (QED) is 0.566. The van der Waals surface area contributed by atoms with Crippen LogP contribution < -0.4 is 14.8 Å². The lowest BCUT2D eigenvalue weighted by Crippen LogP contribution is -2.22. The number of hydrogen-bond acceptors (Lipinski definition) is 5. The molecular weight excluding hydrogens is 448 g/mol. The summed E-state index contributed by atoms with van der Waals surface area (Å²) in [6.07, 6.45) is 0.740. The molecule has 0 atom stereocenters. The number of rotatable bonds is 9. The SMILES string of the molecule is COc1ccc(S(=O)(=O)N(C)C)cc1NC(=O)CCCOc1ccc(Br)cc1. The van der Waals surface area contributed by atoms with Gasteiger partial charge in [-0.25, -0.2) is 12.7 Å². The van der Waals surface area contributed by atoms with Crippen LogP contribution in [-0.2, 0) is 14.8 Å². The first-order chi connectivity index (χ1) is 13.2. The lowest BCUT2D eigenvalue weighted by molar-refractivity contribution is -0.116. The van der Waals surface area contributed by atoms with Gasteiger partial charge in [0.15, 0.2) is 0 Å². The van der Waals surface area contributed by atoms with E-state index in [9.17, 15) is 13.2 Å². The second kappa shape index (κ2) is 9.90. The molecule has 0 bridgehead atoms. The molecule has 2 aromatic carbocycles. The first-order valence-electron chi connectivity index (χ1n) is 8.53. The molecule has 0 fully saturated rings. The summed E-state index contributed by atoms with van der Waals surface area (Å²) < 4.78 is 37.5. The largest absolute Gasteiger partial charge is 0.495 e. The second-order valence-corrected chi connectivity index (χ2v) is 9.17. The summed E-state index contributed by atoms with van der Waals surface area (Å²) in [5.41, 5.74) is 0.309. The third kappa shape index (κ3) is 5.95. The van der Waals surface area contributed by atoms with Crippen LogP contribution in [-0.4, -0.2) is 46.4 Å². The van der Waals surface area contributed by atoms with E-state index < -0.39 is 10.0 Å². The Hall–Kier alpha value is -2.10. The van der Waals surface area contributed by atoms with E-state index in [1.54, 1.807) is 0 Å². The van der Waals surface area contributed by atoms with Gasteiger partial charge in [0.25, 0.3) is 0 Å². The number of ether oxygens (including phenoxy) is 2. The van der Waals surface area contributed by atoms with Crippen molar-refractivity contribution >= 4 is 37.5 Å². The standard InChI is InChI=1S/C19H23BrN2O5S/c1-22(2)28(24,25)16-10-11-18(26-3)17(13-16)21-19(23)5-4-12-27-15-8-6-14(20)7-9-15/h6-11,13H,4-5,12H2,1-3H3,(H,21,23). The molecule has 0 heterocycles. The van der Waals surface area contributed by atoms with Crippen molar-refractivity contribution < 1.29 is 22.7 Å². The van der Waals surface area contributed by atoms with Gasteiger partial charge in [-0.15, -0.1) is 0 Å². The van der Waals surface area contributed by atoms with Crippen LogP contribution in [0.2, 0.25) is 0 Å². The molecule has 1 amide bonds. The summed E-state index contributed by atoms with van der Waals surface area (Å²) in [6.45, 7) is 0.390. The third-order valence-electron chi connectivity index (χ3n) is 3.85. The highest BCUT2D eigenvalue weighted by atomic mass is 79.9. The maximum Gasteiger partial charge on any atom is 0.242 e. The van der Waals surface area contributed by atoms with Gasteiger partial charge in [0.05, 0.1) is 24.3 Å². The van der Waals surface area contributed by atoms with Crippen molar-refractivity contribution in [1.29, 1.82) is 0 Å². The Balaban J connectivity index is 1.95. The molecule has 2 rings (SSSR count). The molecule has 0 aliphatic rings. The Morgan fingerprint density at radius 1 is 1.14 bits per heavy atom. The first kappa shape index (κ1) is 22.2. The van der Waals surface area contributed by atoms with E-state index in [1.165, 1.54) is 39.4 Å². The molecule has 0 unspecified atom stereocenters. The van der Waals surface area contributed by atoms with E-state index in [1.807, 2.05) is 24.3 Å². The Kier molecular flexibility index (Phi) is 7.85. The van der Waals surface area contributed by atoms with Crippen LogP contribution in [0.25, 0.3) is 0 Å². The number of anilines is 1. The number of hydrogen-bond donors (Lipinski definition) is 1. The topological polar surface area (TPSA) is 84.9 Å². The zero-order valence-corrected chi connectivity index (χ0v) is 18.3. The van der Waals surface area contributed by atoms with Crippen molar-refractivity contribution in [2.75, 3.05) is 33.1 Å². The van der Waals surface area contributed by atoms with E-state index in [-0.39, 0.29) is 17.2 Å². The number of carbonyl (C=O) groups excluding carboxylic acids is 1. The highest BCUT2D eigenvalue weighted by molar-refractivity contribution is 9.10. The van der Waals surface area contributed by atoms with Crippen LogP contribution in [0, 0.1) is 0 Å². The fourth-order valence-electron chi connectivity index (χ4n) is 2.32. The molecule has 7 nitrogen and oxygen atoms in total. The summed E-state index contributed by atoms with van der Waals surface area (Å²) in [5, 5.41) is 2.71. The van der Waals surface area contributed by atoms with Gasteiger partial charge in [-0.1, -0.05) is 15.9 Å². The third-order valence-corrected chi connectivity index (χ3v) is 6.19. The number of halogens is 1. The van der Waals surface area contributed by atoms with Crippen molar-refractivity contribution in [1.82, 2.24) is 4.31 Å². The molecule has 0 aliphatic heterocycles. The zero-order chi connectivity index (χ0) is 20.7. The molecule has 0 saturated carbocycles. The van der Waals surface area contributed by atoms with Crippen molar-refractivity contribution in [3.8, 4) is 11.5 Å². The predicted molar refractivity (Wildman–Crippen MR) is 111 cm³/mol. The molecule has 1 N–H and O–H groups in total. The Labute approximate surface area is 173 Å². The molecule has 0 radical (unpaired) electrons. The average molecular weight is 471 g/mol. The smallest absolute Gasteiger partial charge is 0.242 e. The molecule has 0 aromatic heterocycles. The minimum absolute atomic E-state index is 0.0761.